The second-order valence-electron chi connectivity index (χ2n) is 22.3. The number of rotatable bonds is 31. The molecule has 4 aliphatic carbocycles. The summed E-state index contributed by atoms with van der Waals surface area (Å²) >= 11 is 0. The van der Waals surface area contributed by atoms with Crippen molar-refractivity contribution in [2.24, 2.45) is 52.3 Å². The molecule has 9 atom stereocenters. The van der Waals surface area contributed by atoms with Gasteiger partial charge in [0.15, 0.2) is 0 Å². The Bertz CT molecular complexity index is 1110. The molecule has 0 amide bonds. The molecule has 4 aliphatic rings. The second kappa shape index (κ2) is 29.5. The van der Waals surface area contributed by atoms with Gasteiger partial charge in [-0.15, -0.1) is 0 Å². The summed E-state index contributed by atoms with van der Waals surface area (Å²) in [7, 11) is 0. The Morgan fingerprint density at radius 2 is 1.14 bits per heavy atom. The number of carbonyl (C=O) groups is 1. The van der Waals surface area contributed by atoms with Crippen molar-refractivity contribution in [3.8, 4) is 0 Å². The number of hydrogen-bond acceptors (Lipinski definition) is 2. The minimum atomic E-state index is -0.601. The third-order valence-electron chi connectivity index (χ3n) is 17.2. The van der Waals surface area contributed by atoms with E-state index in [1.54, 1.807) is 5.57 Å². The molecule has 3 nitrogen and oxygen atoms in total. The fourth-order valence-electron chi connectivity index (χ4n) is 13.5. The van der Waals surface area contributed by atoms with Crippen molar-refractivity contribution in [2.45, 2.75) is 286 Å². The van der Waals surface area contributed by atoms with Crippen molar-refractivity contribution in [3.63, 3.8) is 0 Å². The Kier molecular flexibility index (Phi) is 26.3. The summed E-state index contributed by atoms with van der Waals surface area (Å²) in [5, 5.41) is 19.4. The lowest BCUT2D eigenvalue weighted by molar-refractivity contribution is -0.138. The number of aliphatic hydroxyl groups is 1. The van der Waals surface area contributed by atoms with E-state index >= 15 is 0 Å². The highest BCUT2D eigenvalue weighted by molar-refractivity contribution is 5.67. The Morgan fingerprint density at radius 1 is 0.627 bits per heavy atom. The van der Waals surface area contributed by atoms with Gasteiger partial charge in [0.25, 0.3) is 0 Å². The van der Waals surface area contributed by atoms with Crippen LogP contribution in [-0.4, -0.2) is 22.3 Å². The summed E-state index contributed by atoms with van der Waals surface area (Å²) in [5.74, 6) is 5.27. The lowest BCUT2D eigenvalue weighted by Gasteiger charge is -2.58. The summed E-state index contributed by atoms with van der Waals surface area (Å²) in [4.78, 5) is 11.2. The third kappa shape index (κ3) is 18.4. The fraction of sp³-hybridized carbons (Fsp3) is 0.946. The molecule has 3 heteroatoms. The number of hydrogen-bond donors (Lipinski definition) is 2. The highest BCUT2D eigenvalue weighted by Crippen LogP contribution is 2.67. The highest BCUT2D eigenvalue weighted by atomic mass is 16.4. The molecule has 0 aromatic rings. The zero-order valence-electron chi connectivity index (χ0n) is 41.0. The van der Waals surface area contributed by atoms with Gasteiger partial charge in [-0.05, 0) is 116 Å². The van der Waals surface area contributed by atoms with E-state index in [0.717, 1.165) is 61.2 Å². The molecule has 0 spiro atoms. The monoisotopic (exact) mass is 825 g/mol. The number of unbranched alkanes of at least 4 members (excludes halogenated alkanes) is 20. The highest BCUT2D eigenvalue weighted by Gasteiger charge is 2.59. The predicted molar refractivity (Wildman–Crippen MR) is 257 cm³/mol. The van der Waals surface area contributed by atoms with E-state index in [9.17, 15) is 15.0 Å². The molecule has 346 valence electrons. The first-order valence-corrected chi connectivity index (χ1v) is 27.1. The van der Waals surface area contributed by atoms with Crippen LogP contribution in [0.4, 0.5) is 0 Å². The van der Waals surface area contributed by atoms with Crippen LogP contribution in [0.15, 0.2) is 11.6 Å². The fourth-order valence-corrected chi connectivity index (χ4v) is 13.5. The molecule has 0 aliphatic heterocycles. The molecule has 59 heavy (non-hydrogen) atoms. The number of aliphatic hydroxyl groups excluding tert-OH is 1. The van der Waals surface area contributed by atoms with Crippen LogP contribution in [-0.2, 0) is 4.79 Å². The maximum atomic E-state index is 11.2. The molecule has 3 saturated carbocycles. The van der Waals surface area contributed by atoms with Crippen LogP contribution < -0.4 is 0 Å². The molecular formula is C56H104O3. The number of carboxylic acids is 1. The lowest BCUT2D eigenvalue weighted by Crippen LogP contribution is -2.50. The van der Waals surface area contributed by atoms with Gasteiger partial charge in [-0.3, -0.25) is 4.79 Å². The van der Waals surface area contributed by atoms with Crippen molar-refractivity contribution in [1.82, 2.24) is 0 Å². The minimum absolute atomic E-state index is 0.0766. The van der Waals surface area contributed by atoms with Crippen molar-refractivity contribution >= 4 is 5.97 Å². The van der Waals surface area contributed by atoms with E-state index in [4.69, 9.17) is 0 Å². The van der Waals surface area contributed by atoms with Crippen LogP contribution in [0.3, 0.4) is 0 Å². The quantitative estimate of drug-likeness (QED) is 0.0541. The summed E-state index contributed by atoms with van der Waals surface area (Å²) in [5.41, 5.74) is 2.60. The first-order valence-electron chi connectivity index (χ1n) is 27.1. The Labute approximate surface area is 369 Å². The van der Waals surface area contributed by atoms with Gasteiger partial charge in [0, 0.05) is 6.42 Å². The molecule has 0 aromatic carbocycles. The summed E-state index contributed by atoms with van der Waals surface area (Å²) < 4.78 is 0. The SMILES string of the molecule is CC(C)CCC[C@@H](C)[C@H]1CC[C@H]2[C@@H]3CC=C4C[C@@H](O)CC[C@]4(C)[C@H]3CC[C@]12C.CCCCCCCCCCCCCCC(CCCCCCCCCCCC)CC(=O)O. The molecule has 2 N–H and O–H groups in total. The molecule has 0 radical (unpaired) electrons. The summed E-state index contributed by atoms with van der Waals surface area (Å²) in [6.07, 6.45) is 49.9. The largest absolute Gasteiger partial charge is 0.481 e. The van der Waals surface area contributed by atoms with E-state index in [0.29, 0.717) is 23.2 Å². The van der Waals surface area contributed by atoms with Crippen molar-refractivity contribution in [2.75, 3.05) is 0 Å². The molecule has 4 rings (SSSR count). The topological polar surface area (TPSA) is 57.5 Å². The maximum absolute atomic E-state index is 11.2. The number of aliphatic carboxylic acids is 1. The van der Waals surface area contributed by atoms with Gasteiger partial charge >= 0.3 is 5.97 Å². The lowest BCUT2D eigenvalue weighted by atomic mass is 9.47. The molecule has 0 bridgehead atoms. The van der Waals surface area contributed by atoms with Crippen LogP contribution in [0.25, 0.3) is 0 Å². The second-order valence-corrected chi connectivity index (χ2v) is 22.3. The van der Waals surface area contributed by atoms with Gasteiger partial charge in [0.05, 0.1) is 6.10 Å². The van der Waals surface area contributed by atoms with E-state index < -0.39 is 5.97 Å². The normalized spacial score (nSPS) is 28.6. The molecule has 3 fully saturated rings. The van der Waals surface area contributed by atoms with Crippen molar-refractivity contribution < 1.29 is 15.0 Å². The van der Waals surface area contributed by atoms with Gasteiger partial charge in [0.1, 0.15) is 0 Å². The van der Waals surface area contributed by atoms with Gasteiger partial charge in [-0.2, -0.15) is 0 Å². The molecule has 0 saturated heterocycles. The number of fused-ring (bicyclic) bond motifs is 5. The number of allylic oxidation sites excluding steroid dienone is 1. The summed E-state index contributed by atoms with van der Waals surface area (Å²) in [6.45, 7) is 17.1. The van der Waals surface area contributed by atoms with Crippen molar-refractivity contribution in [3.05, 3.63) is 11.6 Å². The van der Waals surface area contributed by atoms with E-state index in [2.05, 4.69) is 54.5 Å². The average molecular weight is 825 g/mol. The average Bonchev–Trinajstić information content (AvgIpc) is 3.56. The first-order chi connectivity index (χ1) is 28.5. The van der Waals surface area contributed by atoms with E-state index in [-0.39, 0.29) is 6.10 Å². The van der Waals surface area contributed by atoms with Gasteiger partial charge in [-0.25, -0.2) is 0 Å². The minimum Gasteiger partial charge on any atom is -0.481 e. The predicted octanol–water partition coefficient (Wildman–Crippen LogP) is 17.9. The Hall–Kier alpha value is -0.830. The van der Waals surface area contributed by atoms with Crippen molar-refractivity contribution in [1.29, 1.82) is 0 Å². The first kappa shape index (κ1) is 52.5. The zero-order chi connectivity index (χ0) is 42.9. The van der Waals surface area contributed by atoms with Crippen LogP contribution in [0.5, 0.6) is 0 Å². The Balaban J connectivity index is 0.000000316. The standard InChI is InChI=1S/C29H58O2.C27H46O/c1-3-5-7-9-11-13-15-16-18-20-22-24-26-28(27-29(30)31)25-23-21-19-17-14-12-10-8-6-4-2;1-18(2)7-6-8-19(3)23-11-12-24-22-10-9-20-17-21(28)13-15-26(20,4)25(22)14-16-27(23,24)5/h28H,3-27H2,1-2H3,(H,30,31);9,18-19,21-25,28H,6-8,10-17H2,1-5H3/t;19-,21+,22+,23-,24+,25+,26+,27-/m.1/s1. The van der Waals surface area contributed by atoms with E-state index in [1.807, 2.05) is 0 Å². The van der Waals surface area contributed by atoms with Crippen LogP contribution in [0.1, 0.15) is 280 Å². The van der Waals surface area contributed by atoms with Crippen LogP contribution in [0.2, 0.25) is 0 Å². The maximum Gasteiger partial charge on any atom is 0.303 e. The molecular weight excluding hydrogens is 721 g/mol. The smallest absolute Gasteiger partial charge is 0.303 e. The van der Waals surface area contributed by atoms with Gasteiger partial charge < -0.3 is 10.2 Å². The summed E-state index contributed by atoms with van der Waals surface area (Å²) in [6, 6.07) is 0. The molecule has 0 aromatic heterocycles. The van der Waals surface area contributed by atoms with E-state index in [1.165, 1.54) is 199 Å². The third-order valence-corrected chi connectivity index (χ3v) is 17.2. The molecule has 1 unspecified atom stereocenters. The Morgan fingerprint density at radius 3 is 1.63 bits per heavy atom. The number of carboxylic acid groups (broad SMARTS) is 1. The van der Waals surface area contributed by atoms with Gasteiger partial charge in [-0.1, -0.05) is 221 Å². The zero-order valence-corrected chi connectivity index (χ0v) is 41.0. The molecule has 0 heterocycles. The van der Waals surface area contributed by atoms with Gasteiger partial charge in [0.2, 0.25) is 0 Å². The van der Waals surface area contributed by atoms with Crippen LogP contribution >= 0.6 is 0 Å². The van der Waals surface area contributed by atoms with Crippen LogP contribution in [0, 0.1) is 52.3 Å².